The summed E-state index contributed by atoms with van der Waals surface area (Å²) in [6, 6.07) is 5.33. The van der Waals surface area contributed by atoms with Gasteiger partial charge in [-0.1, -0.05) is 6.07 Å². The maximum atomic E-state index is 12.8. The molecule has 0 radical (unpaired) electrons. The van der Waals surface area contributed by atoms with Crippen molar-refractivity contribution < 1.29 is 28.5 Å². The second-order valence-corrected chi connectivity index (χ2v) is 14.9. The minimum absolute atomic E-state index is 0.0764. The molecule has 4 aliphatic rings. The Bertz CT molecular complexity index is 1820. The molecule has 1 spiro atoms. The first-order valence-corrected chi connectivity index (χ1v) is 17.8. The number of piperidine rings is 1. The quantitative estimate of drug-likeness (QED) is 0.270. The lowest BCUT2D eigenvalue weighted by Crippen LogP contribution is -2.55. The summed E-state index contributed by atoms with van der Waals surface area (Å²) >= 11 is 0. The van der Waals surface area contributed by atoms with Gasteiger partial charge >= 0.3 is 12.1 Å². The molecule has 0 bridgehead atoms. The number of alkyl carbamates (subject to hydrolysis) is 1. The second-order valence-electron chi connectivity index (χ2n) is 14.9. The summed E-state index contributed by atoms with van der Waals surface area (Å²) in [6.07, 6.45) is 5.47. The number of rotatable bonds is 6. The number of hydrogen-bond donors (Lipinski definition) is 1. The first-order valence-electron chi connectivity index (χ1n) is 17.8. The number of benzene rings is 1. The molecule has 15 heteroatoms. The third kappa shape index (κ3) is 6.86. The van der Waals surface area contributed by atoms with E-state index in [4.69, 9.17) is 40.6 Å². The van der Waals surface area contributed by atoms with Crippen molar-refractivity contribution in [2.45, 2.75) is 83.8 Å². The highest BCUT2D eigenvalue weighted by Crippen LogP contribution is 2.45. The van der Waals surface area contributed by atoms with E-state index in [1.165, 1.54) is 7.11 Å². The summed E-state index contributed by atoms with van der Waals surface area (Å²) in [5.74, 6) is 1.06. The average molecular weight is 702 g/mol. The molecular formula is C36H47N9O6. The largest absolute Gasteiger partial charge is 0.468 e. The highest BCUT2D eigenvalue weighted by molar-refractivity contribution is 5.92. The fourth-order valence-electron chi connectivity index (χ4n) is 7.79. The molecule has 4 aliphatic heterocycles. The van der Waals surface area contributed by atoms with Crippen LogP contribution in [0.3, 0.4) is 0 Å². The molecule has 15 nitrogen and oxygen atoms in total. The number of hydrogen-bond acceptors (Lipinski definition) is 12. The Morgan fingerprint density at radius 2 is 1.92 bits per heavy atom. The Labute approximate surface area is 298 Å². The van der Waals surface area contributed by atoms with Gasteiger partial charge in [0.25, 0.3) is 0 Å². The number of ether oxygens (including phenoxy) is 4. The molecular weight excluding hydrogens is 654 g/mol. The number of methoxy groups -OCH3 is 1. The standard InChI is InChI=1S/C36H47N9O6/c1-23-31(40-34(47)51-35(2,3)4)36(22-50-23)12-14-42(15-13-36)27-20-38-30-32(39-27)45(28-9-7-8-18-49-28)41-33(30)44-17-16-43(21-29(46)48-6)26-19-24(37-5)10-11-25(26)44/h10-11,19-20,23,28,31H,7-9,12-18,21-22H2,1-4,6H3,(H,40,47)/t23-,28?,31+/m0/s1. The van der Waals surface area contributed by atoms with Crippen LogP contribution in [0.1, 0.15) is 66.0 Å². The van der Waals surface area contributed by atoms with Crippen LogP contribution in [0.4, 0.5) is 33.5 Å². The van der Waals surface area contributed by atoms with Crippen LogP contribution < -0.4 is 20.0 Å². The van der Waals surface area contributed by atoms with Crippen molar-refractivity contribution in [1.29, 1.82) is 0 Å². The van der Waals surface area contributed by atoms with Crippen molar-refractivity contribution in [3.63, 3.8) is 0 Å². The fraction of sp³-hybridized carbons (Fsp3) is 0.611. The zero-order chi connectivity index (χ0) is 35.9. The van der Waals surface area contributed by atoms with E-state index in [-0.39, 0.29) is 36.3 Å². The SMILES string of the molecule is [C-]#[N+]c1ccc2c(c1)N(CC(=O)OC)CCN2c1nn(C2CCCCO2)c2nc(N3CCC4(CC3)CO[C@@H](C)[C@H]4NC(=O)OC(C)(C)C)cnc12. The van der Waals surface area contributed by atoms with E-state index >= 15 is 0 Å². The van der Waals surface area contributed by atoms with Gasteiger partial charge in [-0.05, 0) is 71.9 Å². The molecule has 7 rings (SSSR count). The van der Waals surface area contributed by atoms with E-state index in [0.717, 1.165) is 62.4 Å². The predicted molar refractivity (Wildman–Crippen MR) is 191 cm³/mol. The highest BCUT2D eigenvalue weighted by atomic mass is 16.6. The summed E-state index contributed by atoms with van der Waals surface area (Å²) < 4.78 is 24.8. The maximum absolute atomic E-state index is 12.8. The molecule has 1 amide bonds. The zero-order valence-corrected chi connectivity index (χ0v) is 30.1. The van der Waals surface area contributed by atoms with Gasteiger partial charge in [0.15, 0.2) is 28.9 Å². The Morgan fingerprint density at radius 1 is 1.12 bits per heavy atom. The third-order valence-corrected chi connectivity index (χ3v) is 10.4. The zero-order valence-electron chi connectivity index (χ0n) is 30.1. The summed E-state index contributed by atoms with van der Waals surface area (Å²) in [5.41, 5.74) is 2.58. The van der Waals surface area contributed by atoms with E-state index in [2.05, 4.69) is 20.0 Å². The van der Waals surface area contributed by atoms with Gasteiger partial charge in [0.05, 0.1) is 50.0 Å². The number of carbonyl (C=O) groups excluding carboxylic acids is 2. The van der Waals surface area contributed by atoms with Crippen LogP contribution in [0.25, 0.3) is 16.0 Å². The second kappa shape index (κ2) is 13.8. The molecule has 1 unspecified atom stereocenters. The number of esters is 1. The van der Waals surface area contributed by atoms with E-state index in [1.54, 1.807) is 12.1 Å². The molecule has 0 aliphatic carbocycles. The maximum Gasteiger partial charge on any atom is 0.407 e. The van der Waals surface area contributed by atoms with Crippen molar-refractivity contribution in [3.8, 4) is 0 Å². The van der Waals surface area contributed by atoms with Crippen molar-refractivity contribution in [3.05, 3.63) is 35.8 Å². The molecule has 51 heavy (non-hydrogen) atoms. The number of amides is 1. The molecule has 6 heterocycles. The average Bonchev–Trinajstić information content (AvgIpc) is 3.64. The Kier molecular flexibility index (Phi) is 9.40. The number of carbonyl (C=O) groups is 2. The lowest BCUT2D eigenvalue weighted by Gasteiger charge is -2.42. The molecule has 3 aromatic rings. The minimum atomic E-state index is -0.583. The molecule has 3 saturated heterocycles. The molecule has 1 N–H and O–H groups in total. The van der Waals surface area contributed by atoms with E-state index in [9.17, 15) is 9.59 Å². The number of nitrogens with zero attached hydrogens (tertiary/aromatic N) is 8. The van der Waals surface area contributed by atoms with Crippen molar-refractivity contribution in [1.82, 2.24) is 25.1 Å². The topological polar surface area (TPSA) is 141 Å². The molecule has 1 aromatic carbocycles. The fourth-order valence-corrected chi connectivity index (χ4v) is 7.79. The van der Waals surface area contributed by atoms with Crippen LogP contribution >= 0.6 is 0 Å². The Balaban J connectivity index is 1.18. The Morgan fingerprint density at radius 3 is 2.63 bits per heavy atom. The number of anilines is 4. The monoisotopic (exact) mass is 701 g/mol. The van der Waals surface area contributed by atoms with Crippen LogP contribution in [-0.4, -0.2) is 103 Å². The van der Waals surface area contributed by atoms with E-state index in [0.29, 0.717) is 49.0 Å². The normalized spacial score (nSPS) is 23.2. The highest BCUT2D eigenvalue weighted by Gasteiger charge is 2.50. The van der Waals surface area contributed by atoms with Crippen molar-refractivity contribution >= 4 is 51.9 Å². The van der Waals surface area contributed by atoms with Crippen LogP contribution in [0, 0.1) is 12.0 Å². The first-order chi connectivity index (χ1) is 24.5. The van der Waals surface area contributed by atoms with Gasteiger partial charge in [-0.3, -0.25) is 4.79 Å². The van der Waals surface area contributed by atoms with Gasteiger partial charge in [-0.15, -0.1) is 5.10 Å². The van der Waals surface area contributed by atoms with Crippen molar-refractivity contribution in [2.24, 2.45) is 5.41 Å². The summed E-state index contributed by atoms with van der Waals surface area (Å²) in [4.78, 5) is 45.2. The summed E-state index contributed by atoms with van der Waals surface area (Å²) in [6.45, 7) is 19.0. The van der Waals surface area contributed by atoms with E-state index in [1.807, 2.05) is 49.5 Å². The molecule has 0 saturated carbocycles. The Hall–Kier alpha value is -4.68. The van der Waals surface area contributed by atoms with Gasteiger partial charge in [0.1, 0.15) is 18.0 Å². The third-order valence-electron chi connectivity index (χ3n) is 10.4. The molecule has 2 aromatic heterocycles. The van der Waals surface area contributed by atoms with Crippen LogP contribution in [-0.2, 0) is 23.7 Å². The summed E-state index contributed by atoms with van der Waals surface area (Å²) in [5, 5.41) is 8.26. The number of nitrogens with one attached hydrogen (secondary N) is 1. The minimum Gasteiger partial charge on any atom is -0.468 e. The number of fused-ring (bicyclic) bond motifs is 2. The smallest absolute Gasteiger partial charge is 0.407 e. The lowest BCUT2D eigenvalue weighted by atomic mass is 9.73. The van der Waals surface area contributed by atoms with E-state index < -0.39 is 11.7 Å². The van der Waals surface area contributed by atoms with Gasteiger partial charge < -0.3 is 39.0 Å². The van der Waals surface area contributed by atoms with Gasteiger partial charge in [0, 0.05) is 38.2 Å². The van der Waals surface area contributed by atoms with Crippen molar-refractivity contribution in [2.75, 3.05) is 67.7 Å². The predicted octanol–water partition coefficient (Wildman–Crippen LogP) is 5.11. The van der Waals surface area contributed by atoms with Crippen LogP contribution in [0.2, 0.25) is 0 Å². The first kappa shape index (κ1) is 34.8. The molecule has 3 atom stereocenters. The lowest BCUT2D eigenvalue weighted by molar-refractivity contribution is -0.138. The van der Waals surface area contributed by atoms with Gasteiger partial charge in [-0.25, -0.2) is 24.3 Å². The number of aromatic nitrogens is 4. The molecule has 272 valence electrons. The summed E-state index contributed by atoms with van der Waals surface area (Å²) in [7, 11) is 1.38. The van der Waals surface area contributed by atoms with Gasteiger partial charge in [-0.2, -0.15) is 0 Å². The van der Waals surface area contributed by atoms with Crippen LogP contribution in [0.15, 0.2) is 24.4 Å². The van der Waals surface area contributed by atoms with Gasteiger partial charge in [0.2, 0.25) is 0 Å². The van der Waals surface area contributed by atoms with Crippen LogP contribution in [0.5, 0.6) is 0 Å². The molecule has 3 fully saturated rings.